The molecule has 0 saturated carbocycles. The van der Waals surface area contributed by atoms with Gasteiger partial charge in [-0.2, -0.15) is 5.43 Å². The number of nitrogens with one attached hydrogen (secondary N) is 1. The molecule has 0 atom stereocenters. The van der Waals surface area contributed by atoms with Crippen LogP contribution in [0.3, 0.4) is 0 Å². The quantitative estimate of drug-likeness (QED) is 0.655. The first-order chi connectivity index (χ1) is 6.68. The second-order valence-corrected chi connectivity index (χ2v) is 3.25. The number of fused-ring (bicyclic) bond motifs is 1. The van der Waals surface area contributed by atoms with Crippen molar-refractivity contribution in [3.05, 3.63) is 30.6 Å². The third-order valence-electron chi connectivity index (χ3n) is 2.09. The van der Waals surface area contributed by atoms with Crippen molar-refractivity contribution in [3.63, 3.8) is 0 Å². The topological polar surface area (TPSA) is 37.9 Å². The number of nitrogens with zero attached hydrogens (tertiary/aromatic N) is 2. The van der Waals surface area contributed by atoms with Gasteiger partial charge in [-0.3, -0.25) is 4.79 Å². The van der Waals surface area contributed by atoms with Gasteiger partial charge in [0.15, 0.2) is 11.0 Å². The van der Waals surface area contributed by atoms with E-state index in [0.717, 1.165) is 11.0 Å². The van der Waals surface area contributed by atoms with Crippen LogP contribution in [0.15, 0.2) is 30.6 Å². The van der Waals surface area contributed by atoms with E-state index in [4.69, 9.17) is 0 Å². The van der Waals surface area contributed by atoms with E-state index in [-0.39, 0.29) is 5.91 Å². The minimum Gasteiger partial charge on any atom is -0.272 e. The standard InChI is InChI=1S/C10H11N3O/c1-8(14)11-13-7-12(2)9-5-3-4-6-10(9)13/h3-7H,1-2H3/p+1. The van der Waals surface area contributed by atoms with Crippen molar-refractivity contribution in [1.29, 1.82) is 0 Å². The normalized spacial score (nSPS) is 10.4. The van der Waals surface area contributed by atoms with Crippen LogP contribution in [-0.2, 0) is 11.8 Å². The molecule has 0 unspecified atom stereocenters. The molecular formula is C10H12N3O+. The third kappa shape index (κ3) is 1.35. The highest BCUT2D eigenvalue weighted by Crippen LogP contribution is 2.07. The predicted octanol–water partition coefficient (Wildman–Crippen LogP) is 0.556. The lowest BCUT2D eigenvalue weighted by molar-refractivity contribution is -0.645. The van der Waals surface area contributed by atoms with Crippen molar-refractivity contribution in [1.82, 2.24) is 4.68 Å². The zero-order valence-electron chi connectivity index (χ0n) is 8.19. The number of aryl methyl sites for hydroxylation is 1. The molecular weight excluding hydrogens is 178 g/mol. The number of para-hydroxylation sites is 2. The van der Waals surface area contributed by atoms with Gasteiger partial charge in [0.05, 0.1) is 7.05 Å². The van der Waals surface area contributed by atoms with Gasteiger partial charge in [-0.25, -0.2) is 4.57 Å². The average molecular weight is 190 g/mol. The van der Waals surface area contributed by atoms with E-state index in [0.29, 0.717) is 0 Å². The summed E-state index contributed by atoms with van der Waals surface area (Å²) in [6.45, 7) is 1.49. The first kappa shape index (κ1) is 8.74. The van der Waals surface area contributed by atoms with Gasteiger partial charge in [0, 0.05) is 6.92 Å². The van der Waals surface area contributed by atoms with Crippen LogP contribution in [0, 0.1) is 0 Å². The molecule has 1 heterocycles. The minimum absolute atomic E-state index is 0.0775. The predicted molar refractivity (Wildman–Crippen MR) is 53.2 cm³/mol. The minimum atomic E-state index is -0.0775. The number of imidazole rings is 1. The third-order valence-corrected chi connectivity index (χ3v) is 2.09. The van der Waals surface area contributed by atoms with Crippen molar-refractivity contribution in [2.45, 2.75) is 6.92 Å². The summed E-state index contributed by atoms with van der Waals surface area (Å²) in [4.78, 5) is 10.9. The van der Waals surface area contributed by atoms with Gasteiger partial charge < -0.3 is 0 Å². The molecule has 4 nitrogen and oxygen atoms in total. The van der Waals surface area contributed by atoms with Crippen molar-refractivity contribution in [2.75, 3.05) is 5.43 Å². The van der Waals surface area contributed by atoms with Gasteiger partial charge in [-0.15, -0.1) is 4.68 Å². The summed E-state index contributed by atoms with van der Waals surface area (Å²) in [7, 11) is 1.95. The zero-order valence-corrected chi connectivity index (χ0v) is 8.19. The molecule has 0 fully saturated rings. The molecule has 1 aromatic carbocycles. The molecule has 0 spiro atoms. The maximum atomic E-state index is 10.9. The van der Waals surface area contributed by atoms with E-state index in [1.807, 2.05) is 42.2 Å². The largest absolute Gasteiger partial charge is 0.272 e. The number of amides is 1. The van der Waals surface area contributed by atoms with E-state index in [1.54, 1.807) is 4.68 Å². The molecule has 1 aromatic heterocycles. The van der Waals surface area contributed by atoms with Gasteiger partial charge >= 0.3 is 0 Å². The monoisotopic (exact) mass is 190 g/mol. The Balaban J connectivity index is 2.60. The maximum absolute atomic E-state index is 10.9. The molecule has 0 aliphatic rings. The molecule has 0 radical (unpaired) electrons. The van der Waals surface area contributed by atoms with Crippen LogP contribution in [0.5, 0.6) is 0 Å². The number of carbonyl (C=O) groups excluding carboxylic acids is 1. The fraction of sp³-hybridized carbons (Fsp3) is 0.200. The van der Waals surface area contributed by atoms with Crippen LogP contribution in [0.1, 0.15) is 6.92 Å². The van der Waals surface area contributed by atoms with Gasteiger partial charge in [0.1, 0.15) is 0 Å². The summed E-state index contributed by atoms with van der Waals surface area (Å²) >= 11 is 0. The van der Waals surface area contributed by atoms with E-state index < -0.39 is 0 Å². The molecule has 2 aromatic rings. The van der Waals surface area contributed by atoms with Crippen LogP contribution in [0.25, 0.3) is 11.0 Å². The van der Waals surface area contributed by atoms with Gasteiger partial charge in [-0.05, 0) is 12.1 Å². The second-order valence-electron chi connectivity index (χ2n) is 3.25. The number of carbonyl (C=O) groups is 1. The number of hydrogen-bond acceptors (Lipinski definition) is 1. The molecule has 1 N–H and O–H groups in total. The fourth-order valence-corrected chi connectivity index (χ4v) is 1.52. The lowest BCUT2D eigenvalue weighted by atomic mass is 10.3. The number of hydrogen-bond donors (Lipinski definition) is 1. The fourth-order valence-electron chi connectivity index (χ4n) is 1.52. The van der Waals surface area contributed by atoms with Crippen molar-refractivity contribution in [3.8, 4) is 0 Å². The van der Waals surface area contributed by atoms with Crippen molar-refractivity contribution < 1.29 is 9.36 Å². The highest BCUT2D eigenvalue weighted by atomic mass is 16.2. The Kier molecular flexibility index (Phi) is 1.96. The first-order valence-corrected chi connectivity index (χ1v) is 4.42. The molecule has 0 aliphatic heterocycles. The number of benzene rings is 1. The summed E-state index contributed by atoms with van der Waals surface area (Å²) in [6, 6.07) is 7.89. The van der Waals surface area contributed by atoms with Gasteiger partial charge in [0.2, 0.25) is 0 Å². The lowest BCUT2D eigenvalue weighted by Gasteiger charge is -1.94. The Hall–Kier alpha value is -1.84. The van der Waals surface area contributed by atoms with Crippen LogP contribution >= 0.6 is 0 Å². The van der Waals surface area contributed by atoms with Gasteiger partial charge in [0.25, 0.3) is 12.2 Å². The van der Waals surface area contributed by atoms with E-state index in [2.05, 4.69) is 5.43 Å². The van der Waals surface area contributed by atoms with E-state index in [1.165, 1.54) is 6.92 Å². The Morgan fingerprint density at radius 2 is 2.14 bits per heavy atom. The molecule has 4 heteroatoms. The molecule has 1 amide bonds. The van der Waals surface area contributed by atoms with Crippen LogP contribution in [-0.4, -0.2) is 10.6 Å². The Bertz CT molecular complexity index is 487. The number of aromatic nitrogens is 2. The summed E-state index contributed by atoms with van der Waals surface area (Å²) < 4.78 is 3.68. The molecule has 0 bridgehead atoms. The summed E-state index contributed by atoms with van der Waals surface area (Å²) in [5.41, 5.74) is 4.80. The SMILES string of the molecule is CC(=O)Nn1c[n+](C)c2ccccc21. The summed E-state index contributed by atoms with van der Waals surface area (Å²) in [5, 5.41) is 0. The van der Waals surface area contributed by atoms with Gasteiger partial charge in [-0.1, -0.05) is 12.1 Å². The first-order valence-electron chi connectivity index (χ1n) is 4.42. The average Bonchev–Trinajstić information content (AvgIpc) is 2.44. The van der Waals surface area contributed by atoms with Crippen molar-refractivity contribution in [2.24, 2.45) is 7.05 Å². The molecule has 0 aliphatic carbocycles. The smallest absolute Gasteiger partial charge is 0.268 e. The molecule has 72 valence electrons. The van der Waals surface area contributed by atoms with E-state index in [9.17, 15) is 4.79 Å². The summed E-state index contributed by atoms with van der Waals surface area (Å²) in [5.74, 6) is -0.0775. The molecule has 2 rings (SSSR count). The van der Waals surface area contributed by atoms with Crippen LogP contribution in [0.2, 0.25) is 0 Å². The lowest BCUT2D eigenvalue weighted by Crippen LogP contribution is -2.27. The Morgan fingerprint density at radius 1 is 1.43 bits per heavy atom. The summed E-state index contributed by atoms with van der Waals surface area (Å²) in [6.07, 6.45) is 1.84. The van der Waals surface area contributed by atoms with E-state index >= 15 is 0 Å². The number of rotatable bonds is 1. The Labute approximate surface area is 81.7 Å². The molecule has 14 heavy (non-hydrogen) atoms. The maximum Gasteiger partial charge on any atom is 0.268 e. The van der Waals surface area contributed by atoms with Crippen molar-refractivity contribution >= 4 is 16.9 Å². The van der Waals surface area contributed by atoms with Crippen LogP contribution in [0.4, 0.5) is 0 Å². The molecule has 0 saturated heterocycles. The highest BCUT2D eigenvalue weighted by molar-refractivity contribution is 5.83. The second kappa shape index (κ2) is 3.14. The van der Waals surface area contributed by atoms with Crippen LogP contribution < -0.4 is 9.99 Å². The zero-order chi connectivity index (χ0) is 10.1. The Morgan fingerprint density at radius 3 is 2.86 bits per heavy atom. The highest BCUT2D eigenvalue weighted by Gasteiger charge is 2.12.